The third kappa shape index (κ3) is 3.15. The van der Waals surface area contributed by atoms with Gasteiger partial charge in [0.1, 0.15) is 28.3 Å². The topological polar surface area (TPSA) is 110 Å². The van der Waals surface area contributed by atoms with E-state index in [0.29, 0.717) is 51.2 Å². The van der Waals surface area contributed by atoms with Gasteiger partial charge in [0.15, 0.2) is 0 Å². The van der Waals surface area contributed by atoms with E-state index < -0.39 is 11.4 Å². The van der Waals surface area contributed by atoms with Gasteiger partial charge in [-0.05, 0) is 42.2 Å². The minimum Gasteiger partial charge on any atom is -0.491 e. The molecule has 0 aliphatic rings. The highest BCUT2D eigenvalue weighted by Gasteiger charge is 2.20. The van der Waals surface area contributed by atoms with E-state index >= 15 is 0 Å². The SMILES string of the molecule is CC(C)CCOc1cc2c(-c3ccc(F)c4[nH]ncc34)c(N)c(=O)[nH]c2c2cccnc12. The molecule has 0 bridgehead atoms. The lowest BCUT2D eigenvalue weighted by Crippen LogP contribution is -2.14. The van der Waals surface area contributed by atoms with Crippen LogP contribution in [0.4, 0.5) is 10.1 Å². The van der Waals surface area contributed by atoms with Crippen molar-refractivity contribution >= 4 is 38.4 Å². The highest BCUT2D eigenvalue weighted by molar-refractivity contribution is 6.15. The smallest absolute Gasteiger partial charge is 0.272 e. The Balaban J connectivity index is 1.86. The molecule has 32 heavy (non-hydrogen) atoms. The molecule has 2 aromatic carbocycles. The quantitative estimate of drug-likeness (QED) is 0.347. The molecule has 5 rings (SSSR count). The summed E-state index contributed by atoms with van der Waals surface area (Å²) < 4.78 is 20.4. The number of pyridine rings is 2. The first-order valence-corrected chi connectivity index (χ1v) is 10.4. The van der Waals surface area contributed by atoms with Crippen molar-refractivity contribution in [2.24, 2.45) is 5.92 Å². The number of aromatic amines is 2. The van der Waals surface area contributed by atoms with Crippen molar-refractivity contribution in [2.45, 2.75) is 20.3 Å². The van der Waals surface area contributed by atoms with Crippen molar-refractivity contribution < 1.29 is 9.13 Å². The van der Waals surface area contributed by atoms with Gasteiger partial charge in [0, 0.05) is 27.9 Å². The van der Waals surface area contributed by atoms with Crippen LogP contribution in [-0.2, 0) is 0 Å². The molecule has 4 N–H and O–H groups in total. The Morgan fingerprint density at radius 1 is 1.16 bits per heavy atom. The van der Waals surface area contributed by atoms with Crippen molar-refractivity contribution in [3.05, 3.63) is 58.9 Å². The molecule has 0 radical (unpaired) electrons. The number of hydrogen-bond donors (Lipinski definition) is 3. The normalized spacial score (nSPS) is 11.8. The van der Waals surface area contributed by atoms with E-state index in [1.807, 2.05) is 12.1 Å². The number of halogens is 1. The van der Waals surface area contributed by atoms with E-state index in [-0.39, 0.29) is 11.2 Å². The number of nitrogens with two attached hydrogens (primary N) is 1. The number of anilines is 1. The predicted octanol–water partition coefficient (Wildman–Crippen LogP) is 4.77. The van der Waals surface area contributed by atoms with E-state index in [2.05, 4.69) is 34.0 Å². The van der Waals surface area contributed by atoms with Crippen LogP contribution in [0.15, 0.2) is 47.5 Å². The Morgan fingerprint density at radius 3 is 2.81 bits per heavy atom. The minimum absolute atomic E-state index is 0.0444. The fraction of sp³-hybridized carbons (Fsp3) is 0.208. The van der Waals surface area contributed by atoms with Crippen molar-refractivity contribution in [3.8, 4) is 16.9 Å². The number of hydrogen-bond acceptors (Lipinski definition) is 5. The summed E-state index contributed by atoms with van der Waals surface area (Å²) in [6.07, 6.45) is 4.11. The second-order valence-electron chi connectivity index (χ2n) is 8.22. The second kappa shape index (κ2) is 7.64. The zero-order valence-electron chi connectivity index (χ0n) is 17.7. The maximum absolute atomic E-state index is 14.3. The van der Waals surface area contributed by atoms with E-state index in [0.717, 1.165) is 11.8 Å². The summed E-state index contributed by atoms with van der Waals surface area (Å²) in [4.78, 5) is 20.2. The van der Waals surface area contributed by atoms with Crippen LogP contribution in [0.25, 0.3) is 43.8 Å². The molecule has 0 unspecified atom stereocenters. The monoisotopic (exact) mass is 431 g/mol. The molecule has 5 aromatic rings. The molecule has 3 heterocycles. The Bertz CT molecular complexity index is 1540. The van der Waals surface area contributed by atoms with Gasteiger partial charge < -0.3 is 15.5 Å². The largest absolute Gasteiger partial charge is 0.491 e. The standard InChI is InChI=1S/C24H22FN5O2/c1-12(2)7-9-32-18-10-15-19(13-5-6-17(25)22-16(13)11-28-30-22)20(26)24(31)29-21(15)14-4-3-8-27-23(14)18/h3-6,8,10-12H,7,9,26H2,1-2H3,(H,28,30)(H,29,31). The Hall–Kier alpha value is -3.94. The summed E-state index contributed by atoms with van der Waals surface area (Å²) in [5, 5.41) is 8.63. The first-order valence-electron chi connectivity index (χ1n) is 10.4. The zero-order valence-corrected chi connectivity index (χ0v) is 17.7. The molecule has 0 aliphatic carbocycles. The van der Waals surface area contributed by atoms with Crippen LogP contribution in [-0.4, -0.2) is 26.8 Å². The third-order valence-corrected chi connectivity index (χ3v) is 5.66. The summed E-state index contributed by atoms with van der Waals surface area (Å²) in [5.74, 6) is 0.666. The zero-order chi connectivity index (χ0) is 22.4. The number of H-pyrrole nitrogens is 2. The lowest BCUT2D eigenvalue weighted by atomic mass is 9.95. The Kier molecular flexibility index (Phi) is 4.77. The van der Waals surface area contributed by atoms with Crippen LogP contribution in [0.3, 0.4) is 0 Å². The number of benzene rings is 2. The molecule has 0 amide bonds. The van der Waals surface area contributed by atoms with Crippen molar-refractivity contribution in [2.75, 3.05) is 12.3 Å². The number of ether oxygens (including phenoxy) is 1. The number of fused-ring (bicyclic) bond motifs is 4. The molecule has 0 aliphatic heterocycles. The van der Waals surface area contributed by atoms with Gasteiger partial charge >= 0.3 is 0 Å². The average Bonchev–Trinajstić information content (AvgIpc) is 3.27. The maximum Gasteiger partial charge on any atom is 0.272 e. The van der Waals surface area contributed by atoms with Crippen LogP contribution in [0.2, 0.25) is 0 Å². The summed E-state index contributed by atoms with van der Waals surface area (Å²) in [6.45, 7) is 4.80. The minimum atomic E-state index is -0.429. The number of nitrogens with zero attached hydrogens (tertiary/aromatic N) is 2. The van der Waals surface area contributed by atoms with Gasteiger partial charge in [-0.1, -0.05) is 19.9 Å². The van der Waals surface area contributed by atoms with E-state index in [9.17, 15) is 9.18 Å². The molecule has 0 spiro atoms. The van der Waals surface area contributed by atoms with Crippen LogP contribution >= 0.6 is 0 Å². The molecular weight excluding hydrogens is 409 g/mol. The molecular formula is C24H22FN5O2. The average molecular weight is 431 g/mol. The van der Waals surface area contributed by atoms with Gasteiger partial charge in [0.25, 0.3) is 5.56 Å². The van der Waals surface area contributed by atoms with Gasteiger partial charge in [0.2, 0.25) is 0 Å². The first-order chi connectivity index (χ1) is 15.5. The van der Waals surface area contributed by atoms with E-state index in [1.54, 1.807) is 18.3 Å². The molecule has 7 nitrogen and oxygen atoms in total. The van der Waals surface area contributed by atoms with Gasteiger partial charge in [-0.3, -0.25) is 14.9 Å². The summed E-state index contributed by atoms with van der Waals surface area (Å²) >= 11 is 0. The number of nitrogens with one attached hydrogen (secondary N) is 2. The fourth-order valence-electron chi connectivity index (χ4n) is 4.02. The first kappa shape index (κ1) is 20.0. The van der Waals surface area contributed by atoms with Gasteiger partial charge in [-0.25, -0.2) is 4.39 Å². The molecule has 0 fully saturated rings. The fourth-order valence-corrected chi connectivity index (χ4v) is 4.02. The second-order valence-corrected chi connectivity index (χ2v) is 8.22. The van der Waals surface area contributed by atoms with Crippen LogP contribution in [0, 0.1) is 11.7 Å². The Morgan fingerprint density at radius 2 is 2.00 bits per heavy atom. The third-order valence-electron chi connectivity index (χ3n) is 5.66. The Labute approximate surface area is 182 Å². The number of nitrogen functional groups attached to an aromatic ring is 1. The number of aromatic nitrogens is 4. The van der Waals surface area contributed by atoms with Crippen molar-refractivity contribution in [3.63, 3.8) is 0 Å². The van der Waals surface area contributed by atoms with Crippen LogP contribution < -0.4 is 16.0 Å². The molecule has 162 valence electrons. The van der Waals surface area contributed by atoms with Crippen LogP contribution in [0.1, 0.15) is 20.3 Å². The lowest BCUT2D eigenvalue weighted by Gasteiger charge is -2.16. The van der Waals surface area contributed by atoms with E-state index in [4.69, 9.17) is 10.5 Å². The highest BCUT2D eigenvalue weighted by Crippen LogP contribution is 2.40. The molecule has 0 saturated carbocycles. The molecule has 8 heteroatoms. The summed E-state index contributed by atoms with van der Waals surface area (Å²) in [7, 11) is 0. The van der Waals surface area contributed by atoms with Gasteiger partial charge in [-0.2, -0.15) is 5.10 Å². The number of rotatable bonds is 5. The molecule has 3 aromatic heterocycles. The lowest BCUT2D eigenvalue weighted by molar-refractivity contribution is 0.292. The molecule has 0 saturated heterocycles. The predicted molar refractivity (Wildman–Crippen MR) is 124 cm³/mol. The van der Waals surface area contributed by atoms with Gasteiger partial charge in [0.05, 0.1) is 18.3 Å². The van der Waals surface area contributed by atoms with E-state index in [1.165, 1.54) is 12.3 Å². The van der Waals surface area contributed by atoms with Crippen LogP contribution in [0.5, 0.6) is 5.75 Å². The maximum atomic E-state index is 14.3. The summed E-state index contributed by atoms with van der Waals surface area (Å²) in [5.41, 5.74) is 8.54. The van der Waals surface area contributed by atoms with Crippen molar-refractivity contribution in [1.29, 1.82) is 0 Å². The highest BCUT2D eigenvalue weighted by atomic mass is 19.1. The molecule has 0 atom stereocenters. The van der Waals surface area contributed by atoms with Gasteiger partial charge in [-0.15, -0.1) is 0 Å². The van der Waals surface area contributed by atoms with Crippen molar-refractivity contribution in [1.82, 2.24) is 20.2 Å². The summed E-state index contributed by atoms with van der Waals surface area (Å²) in [6, 6.07) is 8.49.